The largest absolute Gasteiger partial charge is 0.466 e. The Morgan fingerprint density at radius 1 is 0.760 bits per heavy atom. The van der Waals surface area contributed by atoms with Gasteiger partial charge in [-0.1, -0.05) is 64.7 Å². The maximum absolute atomic E-state index is 11.9. The van der Waals surface area contributed by atoms with E-state index in [1.54, 1.807) is 13.8 Å². The highest BCUT2D eigenvalue weighted by Gasteiger charge is 2.24. The van der Waals surface area contributed by atoms with Crippen LogP contribution in [0.1, 0.15) is 91.4 Å². The molecule has 1 atom stereocenters. The number of rotatable bonds is 17. The van der Waals surface area contributed by atoms with Gasteiger partial charge in [-0.3, -0.25) is 9.59 Å². The standard InChI is InChI=1S/C20H38O4S/c1-4-7-8-9-10-11-12-13-14-15-16-25-18(20(22)24-6-3)17-19(21)23-5-2/h18H,4-17H2,1-3H3. The van der Waals surface area contributed by atoms with Crippen molar-refractivity contribution in [1.29, 1.82) is 0 Å². The number of ether oxygens (including phenoxy) is 2. The number of unbranched alkanes of at least 4 members (excludes halogenated alkanes) is 9. The first-order chi connectivity index (χ1) is 12.2. The molecule has 0 saturated heterocycles. The molecule has 0 heterocycles. The molecule has 0 rings (SSSR count). The SMILES string of the molecule is CCCCCCCCCCCCSC(CC(=O)OCC)C(=O)OCC. The zero-order valence-electron chi connectivity index (χ0n) is 16.5. The summed E-state index contributed by atoms with van der Waals surface area (Å²) in [5, 5.41) is -0.433. The predicted molar refractivity (Wildman–Crippen MR) is 106 cm³/mol. The quantitative estimate of drug-likeness (QED) is 0.248. The normalized spacial score (nSPS) is 12.0. The summed E-state index contributed by atoms with van der Waals surface area (Å²) in [7, 11) is 0. The van der Waals surface area contributed by atoms with Gasteiger partial charge in [-0.2, -0.15) is 0 Å². The van der Waals surface area contributed by atoms with Crippen LogP contribution in [0, 0.1) is 0 Å². The molecule has 5 heteroatoms. The number of thioether (sulfide) groups is 1. The summed E-state index contributed by atoms with van der Waals surface area (Å²) in [5.41, 5.74) is 0. The first-order valence-electron chi connectivity index (χ1n) is 10.1. The average molecular weight is 375 g/mol. The van der Waals surface area contributed by atoms with Crippen LogP contribution < -0.4 is 0 Å². The lowest BCUT2D eigenvalue weighted by molar-refractivity contribution is -0.149. The molecule has 0 fully saturated rings. The number of carbonyl (C=O) groups excluding carboxylic acids is 2. The predicted octanol–water partition coefficient (Wildman–Crippen LogP) is 5.53. The molecule has 0 amide bonds. The fourth-order valence-corrected chi connectivity index (χ4v) is 3.75. The highest BCUT2D eigenvalue weighted by molar-refractivity contribution is 8.00. The number of hydrogen-bond donors (Lipinski definition) is 0. The summed E-state index contributed by atoms with van der Waals surface area (Å²) >= 11 is 1.53. The van der Waals surface area contributed by atoms with E-state index in [0.717, 1.165) is 12.2 Å². The maximum Gasteiger partial charge on any atom is 0.319 e. The third-order valence-electron chi connectivity index (χ3n) is 4.02. The summed E-state index contributed by atoms with van der Waals surface area (Å²) < 4.78 is 10.0. The summed E-state index contributed by atoms with van der Waals surface area (Å²) in [6.07, 6.45) is 13.1. The highest BCUT2D eigenvalue weighted by atomic mass is 32.2. The van der Waals surface area contributed by atoms with Crippen LogP contribution in [0.25, 0.3) is 0 Å². The van der Waals surface area contributed by atoms with Gasteiger partial charge in [-0.15, -0.1) is 11.8 Å². The van der Waals surface area contributed by atoms with Crippen LogP contribution >= 0.6 is 11.8 Å². The van der Waals surface area contributed by atoms with Gasteiger partial charge < -0.3 is 9.47 Å². The molecule has 0 aromatic carbocycles. The lowest BCUT2D eigenvalue weighted by atomic mass is 10.1. The lowest BCUT2D eigenvalue weighted by Crippen LogP contribution is -2.25. The number of hydrogen-bond acceptors (Lipinski definition) is 5. The van der Waals surface area contributed by atoms with E-state index < -0.39 is 5.25 Å². The summed E-state index contributed by atoms with van der Waals surface area (Å²) in [5.74, 6) is 0.267. The Balaban J connectivity index is 3.76. The van der Waals surface area contributed by atoms with Crippen LogP contribution in [-0.4, -0.2) is 36.2 Å². The molecule has 0 aliphatic rings. The van der Waals surface area contributed by atoms with Crippen LogP contribution in [0.4, 0.5) is 0 Å². The van der Waals surface area contributed by atoms with Crippen molar-refractivity contribution in [3.63, 3.8) is 0 Å². The maximum atomic E-state index is 11.9. The Morgan fingerprint density at radius 2 is 1.28 bits per heavy atom. The second-order valence-electron chi connectivity index (χ2n) is 6.30. The Kier molecular flexibility index (Phi) is 17.6. The third-order valence-corrected chi connectivity index (χ3v) is 5.31. The topological polar surface area (TPSA) is 52.6 Å². The van der Waals surface area contributed by atoms with Gasteiger partial charge >= 0.3 is 11.9 Å². The van der Waals surface area contributed by atoms with Crippen molar-refractivity contribution >= 4 is 23.7 Å². The molecule has 0 radical (unpaired) electrons. The van der Waals surface area contributed by atoms with Crippen molar-refractivity contribution in [2.75, 3.05) is 19.0 Å². The molecule has 0 aromatic heterocycles. The first-order valence-corrected chi connectivity index (χ1v) is 11.1. The molecule has 4 nitrogen and oxygen atoms in total. The van der Waals surface area contributed by atoms with E-state index in [4.69, 9.17) is 9.47 Å². The van der Waals surface area contributed by atoms with Gasteiger partial charge in [-0.05, 0) is 26.0 Å². The van der Waals surface area contributed by atoms with E-state index in [1.807, 2.05) is 0 Å². The van der Waals surface area contributed by atoms with Crippen molar-refractivity contribution in [2.24, 2.45) is 0 Å². The molecule has 0 spiro atoms. The third kappa shape index (κ3) is 15.3. The minimum absolute atomic E-state index is 0.106. The summed E-state index contributed by atoms with van der Waals surface area (Å²) in [4.78, 5) is 23.6. The zero-order valence-corrected chi connectivity index (χ0v) is 17.3. The second kappa shape index (κ2) is 18.1. The molecule has 0 aliphatic carbocycles. The lowest BCUT2D eigenvalue weighted by Gasteiger charge is -2.14. The molecule has 148 valence electrons. The summed E-state index contributed by atoms with van der Waals surface area (Å²) in [6.45, 7) is 6.49. The number of esters is 2. The molecular weight excluding hydrogens is 336 g/mol. The smallest absolute Gasteiger partial charge is 0.319 e. The van der Waals surface area contributed by atoms with Crippen molar-refractivity contribution < 1.29 is 19.1 Å². The van der Waals surface area contributed by atoms with Crippen molar-refractivity contribution in [3.05, 3.63) is 0 Å². The first kappa shape index (κ1) is 24.3. The molecular formula is C20H38O4S. The monoisotopic (exact) mass is 374 g/mol. The van der Waals surface area contributed by atoms with Crippen LogP contribution in [0.5, 0.6) is 0 Å². The average Bonchev–Trinajstić information content (AvgIpc) is 2.59. The molecule has 25 heavy (non-hydrogen) atoms. The van der Waals surface area contributed by atoms with Crippen LogP contribution in [0.2, 0.25) is 0 Å². The van der Waals surface area contributed by atoms with E-state index >= 15 is 0 Å². The van der Waals surface area contributed by atoms with E-state index in [9.17, 15) is 9.59 Å². The van der Waals surface area contributed by atoms with Gasteiger partial charge in [-0.25, -0.2) is 0 Å². The number of carbonyl (C=O) groups is 2. The Morgan fingerprint density at radius 3 is 1.80 bits per heavy atom. The molecule has 0 N–H and O–H groups in total. The van der Waals surface area contributed by atoms with Crippen LogP contribution in [0.3, 0.4) is 0 Å². The van der Waals surface area contributed by atoms with Crippen molar-refractivity contribution in [1.82, 2.24) is 0 Å². The molecule has 0 aliphatic heterocycles. The molecule has 0 aromatic rings. The van der Waals surface area contributed by atoms with Gasteiger partial charge in [0.1, 0.15) is 5.25 Å². The highest BCUT2D eigenvalue weighted by Crippen LogP contribution is 2.20. The minimum Gasteiger partial charge on any atom is -0.466 e. The van der Waals surface area contributed by atoms with Gasteiger partial charge in [0.05, 0.1) is 19.6 Å². The van der Waals surface area contributed by atoms with Gasteiger partial charge in [0.2, 0.25) is 0 Å². The minimum atomic E-state index is -0.433. The Labute approximate surface area is 158 Å². The van der Waals surface area contributed by atoms with Crippen molar-refractivity contribution in [3.8, 4) is 0 Å². The van der Waals surface area contributed by atoms with Gasteiger partial charge in [0, 0.05) is 0 Å². The van der Waals surface area contributed by atoms with Crippen LogP contribution in [0.15, 0.2) is 0 Å². The fraction of sp³-hybridized carbons (Fsp3) is 0.900. The zero-order chi connectivity index (χ0) is 18.8. The fourth-order valence-electron chi connectivity index (χ4n) is 2.63. The van der Waals surface area contributed by atoms with E-state index in [2.05, 4.69) is 6.92 Å². The molecule has 0 saturated carbocycles. The van der Waals surface area contributed by atoms with Gasteiger partial charge in [0.15, 0.2) is 0 Å². The van der Waals surface area contributed by atoms with E-state index in [0.29, 0.717) is 13.2 Å². The van der Waals surface area contributed by atoms with Gasteiger partial charge in [0.25, 0.3) is 0 Å². The molecule has 1 unspecified atom stereocenters. The molecule has 0 bridgehead atoms. The Hall–Kier alpha value is -0.710. The van der Waals surface area contributed by atoms with E-state index in [-0.39, 0.29) is 18.4 Å². The van der Waals surface area contributed by atoms with E-state index in [1.165, 1.54) is 69.5 Å². The van der Waals surface area contributed by atoms with Crippen LogP contribution in [-0.2, 0) is 19.1 Å². The second-order valence-corrected chi connectivity index (χ2v) is 7.61. The summed E-state index contributed by atoms with van der Waals surface area (Å²) in [6, 6.07) is 0. The van der Waals surface area contributed by atoms with Crippen molar-refractivity contribution in [2.45, 2.75) is 96.7 Å². The Bertz CT molecular complexity index is 334.